The predicted molar refractivity (Wildman–Crippen MR) is 74.3 cm³/mol. The first kappa shape index (κ1) is 16.0. The van der Waals surface area contributed by atoms with E-state index in [0.29, 0.717) is 31.1 Å². The number of carbonyl (C=O) groups is 2. The topological polar surface area (TPSA) is 95.6 Å². The summed E-state index contributed by atoms with van der Waals surface area (Å²) >= 11 is 0. The molecule has 0 saturated carbocycles. The van der Waals surface area contributed by atoms with E-state index < -0.39 is 12.1 Å². The highest BCUT2D eigenvalue weighted by Gasteiger charge is 2.21. The lowest BCUT2D eigenvalue weighted by Crippen LogP contribution is -2.37. The van der Waals surface area contributed by atoms with Gasteiger partial charge in [0.05, 0.1) is 12.3 Å². The van der Waals surface area contributed by atoms with Crippen LogP contribution in [-0.2, 0) is 20.8 Å². The van der Waals surface area contributed by atoms with Crippen LogP contribution in [0.1, 0.15) is 24.3 Å². The van der Waals surface area contributed by atoms with E-state index in [1.807, 2.05) is 6.92 Å². The number of amides is 1. The van der Waals surface area contributed by atoms with Gasteiger partial charge in [-0.15, -0.1) is 0 Å². The van der Waals surface area contributed by atoms with Gasteiger partial charge in [0.25, 0.3) is 5.91 Å². The lowest BCUT2D eigenvalue weighted by Gasteiger charge is -2.14. The minimum absolute atomic E-state index is 0.335. The number of aryl methyl sites for hydroxylation is 1. The number of methoxy groups -OCH3 is 1. The van der Waals surface area contributed by atoms with Crippen molar-refractivity contribution in [1.82, 2.24) is 9.88 Å². The molecule has 1 amide bonds. The highest BCUT2D eigenvalue weighted by atomic mass is 16.5. The molecule has 1 aromatic heterocycles. The van der Waals surface area contributed by atoms with Crippen LogP contribution in [-0.4, -0.2) is 42.8 Å². The Hall–Kier alpha value is -2.02. The van der Waals surface area contributed by atoms with Gasteiger partial charge in [-0.2, -0.15) is 0 Å². The van der Waals surface area contributed by atoms with Crippen molar-refractivity contribution >= 4 is 17.6 Å². The summed E-state index contributed by atoms with van der Waals surface area (Å²) in [5.41, 5.74) is 6.46. The Labute approximate surface area is 118 Å². The molecule has 0 spiro atoms. The second-order valence-corrected chi connectivity index (χ2v) is 4.28. The summed E-state index contributed by atoms with van der Waals surface area (Å²) in [7, 11) is 1.54. The molecule has 0 aliphatic heterocycles. The van der Waals surface area contributed by atoms with Gasteiger partial charge in [-0.05, 0) is 19.9 Å². The first-order chi connectivity index (χ1) is 9.49. The monoisotopic (exact) mass is 283 g/mol. The van der Waals surface area contributed by atoms with Gasteiger partial charge in [0.15, 0.2) is 6.10 Å². The quantitative estimate of drug-likeness (QED) is 0.558. The minimum atomic E-state index is -0.874. The van der Waals surface area contributed by atoms with Crippen molar-refractivity contribution in [3.63, 3.8) is 0 Å². The molecule has 0 bridgehead atoms. The van der Waals surface area contributed by atoms with Crippen LogP contribution in [0.3, 0.4) is 0 Å². The van der Waals surface area contributed by atoms with Crippen molar-refractivity contribution in [2.24, 2.45) is 0 Å². The molecule has 3 N–H and O–H groups in total. The number of hydrogen-bond acceptors (Lipinski definition) is 5. The maximum atomic E-state index is 12.0. The maximum absolute atomic E-state index is 12.0. The Morgan fingerprint density at radius 1 is 1.50 bits per heavy atom. The number of nitrogens with zero attached hydrogens (tertiary/aromatic N) is 1. The molecule has 1 rings (SSSR count). The molecule has 0 aromatic carbocycles. The molecule has 0 radical (unpaired) electrons. The third-order valence-corrected chi connectivity index (χ3v) is 2.73. The number of ether oxygens (including phenoxy) is 2. The second kappa shape index (κ2) is 7.54. The Kier molecular flexibility index (Phi) is 6.05. The summed E-state index contributed by atoms with van der Waals surface area (Å²) in [4.78, 5) is 23.6. The lowest BCUT2D eigenvalue weighted by molar-refractivity contribution is -0.129. The zero-order valence-corrected chi connectivity index (χ0v) is 12.0. The largest absolute Gasteiger partial charge is 0.448 e. The molecule has 0 saturated heterocycles. The Balaban J connectivity index is 2.58. The number of nitrogens with one attached hydrogen (secondary N) is 1. The van der Waals surface area contributed by atoms with E-state index in [9.17, 15) is 9.59 Å². The smallest absolute Gasteiger partial charge is 0.355 e. The van der Waals surface area contributed by atoms with Crippen molar-refractivity contribution in [2.75, 3.05) is 26.0 Å². The van der Waals surface area contributed by atoms with E-state index in [4.69, 9.17) is 15.2 Å². The van der Waals surface area contributed by atoms with Gasteiger partial charge in [0, 0.05) is 26.4 Å². The fourth-order valence-corrected chi connectivity index (χ4v) is 1.66. The summed E-state index contributed by atoms with van der Waals surface area (Å²) in [6.45, 7) is 4.77. The van der Waals surface area contributed by atoms with Crippen LogP contribution >= 0.6 is 0 Å². The number of hydrogen-bond donors (Lipinski definition) is 2. The number of carbonyl (C=O) groups excluding carboxylic acids is 2. The lowest BCUT2D eigenvalue weighted by atomic mass is 10.3. The van der Waals surface area contributed by atoms with Crippen LogP contribution in [0, 0.1) is 0 Å². The second-order valence-electron chi connectivity index (χ2n) is 4.28. The van der Waals surface area contributed by atoms with Crippen LogP contribution in [0.4, 0.5) is 5.69 Å². The van der Waals surface area contributed by atoms with Crippen molar-refractivity contribution in [1.29, 1.82) is 0 Å². The number of nitrogens with two attached hydrogens (primary N) is 1. The van der Waals surface area contributed by atoms with Gasteiger partial charge < -0.3 is 25.1 Å². The molecule has 0 aliphatic rings. The molecule has 1 heterocycles. The van der Waals surface area contributed by atoms with E-state index in [2.05, 4.69) is 5.32 Å². The van der Waals surface area contributed by atoms with Gasteiger partial charge in [0.2, 0.25) is 0 Å². The van der Waals surface area contributed by atoms with Crippen LogP contribution in [0.5, 0.6) is 0 Å². The van der Waals surface area contributed by atoms with Crippen LogP contribution in [0.25, 0.3) is 0 Å². The summed E-state index contributed by atoms with van der Waals surface area (Å²) < 4.78 is 11.6. The van der Waals surface area contributed by atoms with Crippen LogP contribution in [0.2, 0.25) is 0 Å². The Morgan fingerprint density at radius 3 is 2.80 bits per heavy atom. The normalized spacial score (nSPS) is 11.9. The molecule has 7 heteroatoms. The molecule has 1 unspecified atom stereocenters. The van der Waals surface area contributed by atoms with Gasteiger partial charge in [-0.3, -0.25) is 4.79 Å². The van der Waals surface area contributed by atoms with E-state index in [-0.39, 0.29) is 5.91 Å². The summed E-state index contributed by atoms with van der Waals surface area (Å²) in [6, 6.07) is 1.53. The SMILES string of the molecule is CCn1cc(N)cc1C(=O)OC(C)C(=O)NCCOC. The van der Waals surface area contributed by atoms with E-state index in [1.165, 1.54) is 13.0 Å². The van der Waals surface area contributed by atoms with Crippen molar-refractivity contribution < 1.29 is 19.1 Å². The highest BCUT2D eigenvalue weighted by molar-refractivity contribution is 5.91. The van der Waals surface area contributed by atoms with E-state index in [0.717, 1.165) is 0 Å². The van der Waals surface area contributed by atoms with Gasteiger partial charge in [-0.1, -0.05) is 0 Å². The standard InChI is InChI=1S/C13H21N3O4/c1-4-16-8-10(14)7-11(16)13(18)20-9(2)12(17)15-5-6-19-3/h7-9H,4-6,14H2,1-3H3,(H,15,17). The fourth-order valence-electron chi connectivity index (χ4n) is 1.66. The van der Waals surface area contributed by atoms with Crippen LogP contribution < -0.4 is 11.1 Å². The molecule has 20 heavy (non-hydrogen) atoms. The Morgan fingerprint density at radius 2 is 2.20 bits per heavy atom. The van der Waals surface area contributed by atoms with Gasteiger partial charge >= 0.3 is 5.97 Å². The predicted octanol–water partition coefficient (Wildman–Crippen LogP) is 0.398. The molecule has 7 nitrogen and oxygen atoms in total. The molecule has 0 aliphatic carbocycles. The molecular weight excluding hydrogens is 262 g/mol. The van der Waals surface area contributed by atoms with Gasteiger partial charge in [0.1, 0.15) is 5.69 Å². The highest BCUT2D eigenvalue weighted by Crippen LogP contribution is 2.12. The number of anilines is 1. The third kappa shape index (κ3) is 4.27. The molecule has 112 valence electrons. The summed E-state index contributed by atoms with van der Waals surface area (Å²) in [6.07, 6.45) is 0.778. The zero-order chi connectivity index (χ0) is 15.1. The third-order valence-electron chi connectivity index (χ3n) is 2.73. The van der Waals surface area contributed by atoms with Gasteiger partial charge in [-0.25, -0.2) is 4.79 Å². The molecule has 1 atom stereocenters. The average Bonchev–Trinajstić information content (AvgIpc) is 2.80. The van der Waals surface area contributed by atoms with Crippen molar-refractivity contribution in [3.8, 4) is 0 Å². The number of esters is 1. The number of aromatic nitrogens is 1. The molecule has 1 aromatic rings. The molecule has 0 fully saturated rings. The van der Waals surface area contributed by atoms with E-state index in [1.54, 1.807) is 17.9 Å². The first-order valence-corrected chi connectivity index (χ1v) is 6.42. The Bertz CT molecular complexity index is 470. The number of nitrogen functional groups attached to an aromatic ring is 1. The summed E-state index contributed by atoms with van der Waals surface area (Å²) in [5.74, 6) is -0.934. The maximum Gasteiger partial charge on any atom is 0.355 e. The molecular formula is C13H21N3O4. The van der Waals surface area contributed by atoms with Crippen LogP contribution in [0.15, 0.2) is 12.3 Å². The average molecular weight is 283 g/mol. The summed E-state index contributed by atoms with van der Waals surface area (Å²) in [5, 5.41) is 2.60. The minimum Gasteiger partial charge on any atom is -0.448 e. The van der Waals surface area contributed by atoms with Crippen molar-refractivity contribution in [2.45, 2.75) is 26.5 Å². The number of rotatable bonds is 7. The van der Waals surface area contributed by atoms with Crippen molar-refractivity contribution in [3.05, 3.63) is 18.0 Å². The fraction of sp³-hybridized carbons (Fsp3) is 0.538. The zero-order valence-electron chi connectivity index (χ0n) is 12.0. The first-order valence-electron chi connectivity index (χ1n) is 6.42. The van der Waals surface area contributed by atoms with E-state index >= 15 is 0 Å².